The summed E-state index contributed by atoms with van der Waals surface area (Å²) in [5, 5.41) is 1.43. The molecule has 0 N–H and O–H groups in total. The van der Waals surface area contributed by atoms with Crippen molar-refractivity contribution in [2.45, 2.75) is 33.2 Å². The van der Waals surface area contributed by atoms with E-state index < -0.39 is 0 Å². The summed E-state index contributed by atoms with van der Waals surface area (Å²) in [5.74, 6) is 0.458. The number of rotatable bonds is 4. The lowest BCUT2D eigenvalue weighted by Gasteiger charge is -2.26. The summed E-state index contributed by atoms with van der Waals surface area (Å²) in [6, 6.07) is 9.41. The zero-order valence-electron chi connectivity index (χ0n) is 12.9. The number of benzene rings is 1. The minimum absolute atomic E-state index is 0.0872. The quantitative estimate of drug-likeness (QED) is 0.839. The standard InChI is InChI=1S/C17H21ClN2O/c1-11(2)9-12(3)20(4)17(21)16-10-14(18)13-7-5-6-8-15(13)19-16/h5-8,10-12H,9H2,1-4H3. The van der Waals surface area contributed by atoms with E-state index in [9.17, 15) is 4.79 Å². The molecular formula is C17H21ClN2O. The molecule has 1 atom stereocenters. The summed E-state index contributed by atoms with van der Waals surface area (Å²) >= 11 is 6.26. The van der Waals surface area contributed by atoms with Crippen molar-refractivity contribution in [1.29, 1.82) is 0 Å². The fourth-order valence-corrected chi connectivity index (χ4v) is 2.73. The minimum Gasteiger partial charge on any atom is -0.338 e. The first-order chi connectivity index (χ1) is 9.90. The zero-order valence-corrected chi connectivity index (χ0v) is 13.7. The third-order valence-corrected chi connectivity index (χ3v) is 3.99. The predicted molar refractivity (Wildman–Crippen MR) is 87.8 cm³/mol. The van der Waals surface area contributed by atoms with E-state index in [4.69, 9.17) is 11.6 Å². The second-order valence-electron chi connectivity index (χ2n) is 5.90. The molecular weight excluding hydrogens is 284 g/mol. The first-order valence-corrected chi connectivity index (χ1v) is 7.60. The van der Waals surface area contributed by atoms with Crippen LogP contribution in [0.1, 0.15) is 37.7 Å². The summed E-state index contributed by atoms with van der Waals surface area (Å²) in [5.41, 5.74) is 1.15. The number of halogens is 1. The third-order valence-electron chi connectivity index (χ3n) is 3.68. The van der Waals surface area contributed by atoms with E-state index in [1.165, 1.54) is 0 Å². The SMILES string of the molecule is CC(C)CC(C)N(C)C(=O)c1cc(Cl)c2ccccc2n1. The van der Waals surface area contributed by atoms with Gasteiger partial charge >= 0.3 is 0 Å². The van der Waals surface area contributed by atoms with E-state index in [0.717, 1.165) is 17.3 Å². The molecule has 0 saturated heterocycles. The minimum atomic E-state index is -0.0872. The lowest BCUT2D eigenvalue weighted by atomic mass is 10.0. The lowest BCUT2D eigenvalue weighted by Crippen LogP contribution is -2.36. The average molecular weight is 305 g/mol. The zero-order chi connectivity index (χ0) is 15.6. The first kappa shape index (κ1) is 15.8. The number of para-hydroxylation sites is 1. The van der Waals surface area contributed by atoms with Gasteiger partial charge in [0, 0.05) is 18.5 Å². The van der Waals surface area contributed by atoms with Crippen LogP contribution in [-0.4, -0.2) is 28.9 Å². The molecule has 0 spiro atoms. The van der Waals surface area contributed by atoms with Crippen LogP contribution in [0.3, 0.4) is 0 Å². The predicted octanol–water partition coefficient (Wildman–Crippen LogP) is 4.39. The Balaban J connectivity index is 2.31. The van der Waals surface area contributed by atoms with E-state index in [0.29, 0.717) is 16.6 Å². The molecule has 2 rings (SSSR count). The molecule has 3 nitrogen and oxygen atoms in total. The Bertz CT molecular complexity index is 654. The molecule has 21 heavy (non-hydrogen) atoms. The summed E-state index contributed by atoms with van der Waals surface area (Å²) in [6.45, 7) is 6.36. The number of hydrogen-bond acceptors (Lipinski definition) is 2. The van der Waals surface area contributed by atoms with Crippen molar-refractivity contribution in [1.82, 2.24) is 9.88 Å². The van der Waals surface area contributed by atoms with Crippen LogP contribution in [0.25, 0.3) is 10.9 Å². The monoisotopic (exact) mass is 304 g/mol. The van der Waals surface area contributed by atoms with Gasteiger partial charge < -0.3 is 4.90 Å². The van der Waals surface area contributed by atoms with Crippen molar-refractivity contribution in [3.8, 4) is 0 Å². The highest BCUT2D eigenvalue weighted by molar-refractivity contribution is 6.35. The Morgan fingerprint density at radius 3 is 2.62 bits per heavy atom. The smallest absolute Gasteiger partial charge is 0.272 e. The first-order valence-electron chi connectivity index (χ1n) is 7.22. The molecule has 0 fully saturated rings. The molecule has 1 aromatic carbocycles. The number of carbonyl (C=O) groups is 1. The highest BCUT2D eigenvalue weighted by Gasteiger charge is 2.20. The van der Waals surface area contributed by atoms with E-state index in [1.54, 1.807) is 11.0 Å². The fraction of sp³-hybridized carbons (Fsp3) is 0.412. The van der Waals surface area contributed by atoms with Crippen LogP contribution in [0.5, 0.6) is 0 Å². The number of fused-ring (bicyclic) bond motifs is 1. The van der Waals surface area contributed by atoms with Crippen LogP contribution in [0.4, 0.5) is 0 Å². The summed E-state index contributed by atoms with van der Waals surface area (Å²) in [6.07, 6.45) is 0.962. The van der Waals surface area contributed by atoms with Crippen LogP contribution in [-0.2, 0) is 0 Å². The van der Waals surface area contributed by atoms with E-state index >= 15 is 0 Å². The average Bonchev–Trinajstić information content (AvgIpc) is 2.45. The van der Waals surface area contributed by atoms with Gasteiger partial charge in [0.2, 0.25) is 0 Å². The Hall–Kier alpha value is -1.61. The van der Waals surface area contributed by atoms with Crippen molar-refractivity contribution in [3.63, 3.8) is 0 Å². The van der Waals surface area contributed by atoms with Crippen LogP contribution >= 0.6 is 11.6 Å². The Kier molecular flexibility index (Phi) is 4.84. The number of amides is 1. The van der Waals surface area contributed by atoms with Crippen LogP contribution in [0, 0.1) is 5.92 Å². The van der Waals surface area contributed by atoms with Gasteiger partial charge in [0.05, 0.1) is 10.5 Å². The third kappa shape index (κ3) is 3.53. The van der Waals surface area contributed by atoms with Gasteiger partial charge in [0.1, 0.15) is 5.69 Å². The fourth-order valence-electron chi connectivity index (χ4n) is 2.46. The Morgan fingerprint density at radius 2 is 1.95 bits per heavy atom. The van der Waals surface area contributed by atoms with Gasteiger partial charge in [-0.1, -0.05) is 43.6 Å². The van der Waals surface area contributed by atoms with Gasteiger partial charge in [0.15, 0.2) is 0 Å². The van der Waals surface area contributed by atoms with Crippen LogP contribution in [0.15, 0.2) is 30.3 Å². The van der Waals surface area contributed by atoms with E-state index in [-0.39, 0.29) is 11.9 Å². The largest absolute Gasteiger partial charge is 0.338 e. The van der Waals surface area contributed by atoms with E-state index in [2.05, 4.69) is 25.8 Å². The second-order valence-corrected chi connectivity index (χ2v) is 6.31. The van der Waals surface area contributed by atoms with Crippen LogP contribution < -0.4 is 0 Å². The summed E-state index contributed by atoms with van der Waals surface area (Å²) in [4.78, 5) is 18.8. The van der Waals surface area contributed by atoms with Gasteiger partial charge in [-0.15, -0.1) is 0 Å². The van der Waals surface area contributed by atoms with Gasteiger partial charge in [-0.05, 0) is 31.4 Å². The molecule has 1 unspecified atom stereocenters. The van der Waals surface area contributed by atoms with E-state index in [1.807, 2.05) is 31.3 Å². The van der Waals surface area contributed by atoms with Crippen molar-refractivity contribution in [2.24, 2.45) is 5.92 Å². The maximum atomic E-state index is 12.6. The van der Waals surface area contributed by atoms with Gasteiger partial charge in [0.25, 0.3) is 5.91 Å². The normalized spacial score (nSPS) is 12.7. The number of hydrogen-bond donors (Lipinski definition) is 0. The second kappa shape index (κ2) is 6.44. The molecule has 0 aliphatic carbocycles. The van der Waals surface area contributed by atoms with Gasteiger partial charge in [-0.3, -0.25) is 4.79 Å². The van der Waals surface area contributed by atoms with Crippen molar-refractivity contribution >= 4 is 28.4 Å². The topological polar surface area (TPSA) is 33.2 Å². The molecule has 1 heterocycles. The lowest BCUT2D eigenvalue weighted by molar-refractivity contribution is 0.0722. The van der Waals surface area contributed by atoms with Gasteiger partial charge in [-0.2, -0.15) is 0 Å². The molecule has 0 aliphatic rings. The number of nitrogens with zero attached hydrogens (tertiary/aromatic N) is 2. The molecule has 2 aromatic rings. The summed E-state index contributed by atoms with van der Waals surface area (Å²) in [7, 11) is 1.82. The number of pyridine rings is 1. The number of aromatic nitrogens is 1. The molecule has 1 amide bonds. The maximum Gasteiger partial charge on any atom is 0.272 e. The Labute approximate surface area is 130 Å². The molecule has 112 valence electrons. The molecule has 0 radical (unpaired) electrons. The molecule has 0 bridgehead atoms. The van der Waals surface area contributed by atoms with Gasteiger partial charge in [-0.25, -0.2) is 4.98 Å². The van der Waals surface area contributed by atoms with Crippen LogP contribution in [0.2, 0.25) is 5.02 Å². The summed E-state index contributed by atoms with van der Waals surface area (Å²) < 4.78 is 0. The molecule has 4 heteroatoms. The Morgan fingerprint density at radius 1 is 1.29 bits per heavy atom. The molecule has 1 aromatic heterocycles. The number of carbonyl (C=O) groups excluding carboxylic acids is 1. The van der Waals surface area contributed by atoms with Crippen molar-refractivity contribution in [3.05, 3.63) is 41.0 Å². The highest BCUT2D eigenvalue weighted by Crippen LogP contribution is 2.23. The molecule has 0 aliphatic heterocycles. The highest BCUT2D eigenvalue weighted by atomic mass is 35.5. The maximum absolute atomic E-state index is 12.6. The molecule has 0 saturated carbocycles. The van der Waals surface area contributed by atoms with Crippen molar-refractivity contribution in [2.75, 3.05) is 7.05 Å². The van der Waals surface area contributed by atoms with Crippen molar-refractivity contribution < 1.29 is 4.79 Å².